The van der Waals surface area contributed by atoms with Crippen LogP contribution in [0.25, 0.3) is 10.0 Å². The molecule has 4 aromatic carbocycles. The number of hydrogen-bond donors (Lipinski definition) is 3. The fraction of sp³-hybridized carbons (Fsp3) is 0.407. The Kier molecular flexibility index (Phi) is 27.3. The van der Waals surface area contributed by atoms with Gasteiger partial charge >= 0.3 is 0 Å². The molecule has 8 aromatic rings. The lowest BCUT2D eigenvalue weighted by atomic mass is 9.99. The first kappa shape index (κ1) is 87.2. The Morgan fingerprint density at radius 3 is 1.48 bits per heavy atom. The average Bonchev–Trinajstić information content (AvgIpc) is 1.62. The second-order valence-corrected chi connectivity index (χ2v) is 34.8. The van der Waals surface area contributed by atoms with Crippen molar-refractivity contribution < 1.29 is 62.2 Å². The lowest BCUT2D eigenvalue weighted by Gasteiger charge is -2.34. The van der Waals surface area contributed by atoms with Gasteiger partial charge < -0.3 is 30.3 Å². The number of aromatic nitrogens is 6. The summed E-state index contributed by atoms with van der Waals surface area (Å²) in [4.78, 5) is 162. The molecule has 638 valence electrons. The van der Waals surface area contributed by atoms with Gasteiger partial charge in [0.2, 0.25) is 23.6 Å². The number of unbranched alkanes of at least 4 members (excludes halogenated alkanes) is 6. The summed E-state index contributed by atoms with van der Waals surface area (Å²) in [5, 5.41) is 38.0. The number of nitrogens with one attached hydrogen (secondary N) is 3. The van der Waals surface area contributed by atoms with Gasteiger partial charge in [-0.25, -0.2) is 0 Å². The highest BCUT2D eigenvalue weighted by Crippen LogP contribution is 2.43. The Balaban J connectivity index is 0.000000204. The van der Waals surface area contributed by atoms with Gasteiger partial charge in [-0.05, 0) is 172 Å². The van der Waals surface area contributed by atoms with Gasteiger partial charge in [-0.15, -0.1) is 43.1 Å². The number of piperidine rings is 2. The Morgan fingerprint density at radius 2 is 0.992 bits per heavy atom. The molecule has 0 aliphatic carbocycles. The predicted molar refractivity (Wildman–Crippen MR) is 462 cm³/mol. The number of rotatable bonds is 32. The number of ketones is 3. The zero-order valence-corrected chi connectivity index (χ0v) is 72.1. The lowest BCUT2D eigenvalue weighted by molar-refractivity contribution is -0.133. The van der Waals surface area contributed by atoms with Crippen molar-refractivity contribution in [3.05, 3.63) is 209 Å². The molecule has 0 saturated carbocycles. The smallest absolute Gasteiger partial charge is 0.266 e. The summed E-state index contributed by atoms with van der Waals surface area (Å²) in [6.07, 6.45) is 9.81. The van der Waals surface area contributed by atoms with E-state index in [1.54, 1.807) is 53.0 Å². The second-order valence-electron chi connectivity index (χ2n) is 32.0. The zero-order chi connectivity index (χ0) is 87.0. The number of ether oxygens (including phenoxy) is 2. The van der Waals surface area contributed by atoms with Gasteiger partial charge in [0.15, 0.2) is 23.2 Å². The first-order valence-electron chi connectivity index (χ1n) is 41.8. The number of aliphatic imine (C=N–C) groups is 2. The summed E-state index contributed by atoms with van der Waals surface area (Å²) in [6, 6.07) is 23.5. The maximum atomic E-state index is 13.5. The first-order valence-corrected chi connectivity index (χ1v) is 43.8. The van der Waals surface area contributed by atoms with Gasteiger partial charge in [0.05, 0.1) is 51.7 Å². The topological polar surface area (TPSA) is 365 Å². The quantitative estimate of drug-likeness (QED) is 0.0260. The fourth-order valence-electron chi connectivity index (χ4n) is 16.6. The van der Waals surface area contributed by atoms with E-state index in [-0.39, 0.29) is 102 Å². The van der Waals surface area contributed by atoms with Gasteiger partial charge in [-0.3, -0.25) is 86.6 Å². The Hall–Kier alpha value is -12.1. The van der Waals surface area contributed by atoms with Crippen LogP contribution in [-0.2, 0) is 33.6 Å². The monoisotopic (exact) mass is 1720 g/mol. The molecule has 0 spiro atoms. The van der Waals surface area contributed by atoms with E-state index in [2.05, 4.69) is 92.7 Å². The Bertz CT molecular complexity index is 5680. The zero-order valence-electron chi connectivity index (χ0n) is 69.7. The van der Waals surface area contributed by atoms with Crippen molar-refractivity contribution in [1.29, 1.82) is 5.26 Å². The molecule has 3 fully saturated rings. The number of halogens is 1. The van der Waals surface area contributed by atoms with Crippen LogP contribution in [0.3, 0.4) is 0 Å². The number of allylic oxidation sites excluding steroid dienone is 2. The van der Waals surface area contributed by atoms with Crippen LogP contribution < -0.4 is 25.4 Å². The molecule has 8 amide bonds. The van der Waals surface area contributed by atoms with Crippen LogP contribution in [0.15, 0.2) is 119 Å². The number of benzene rings is 4. The highest BCUT2D eigenvalue weighted by atomic mass is 35.5. The molecule has 123 heavy (non-hydrogen) atoms. The van der Waals surface area contributed by atoms with Crippen molar-refractivity contribution in [3.8, 4) is 27.6 Å². The molecule has 7 aliphatic heterocycles. The Labute approximate surface area is 725 Å². The molecule has 3 saturated heterocycles. The minimum absolute atomic E-state index is 0.0509. The van der Waals surface area contributed by atoms with Crippen molar-refractivity contribution in [1.82, 2.24) is 65.1 Å². The van der Waals surface area contributed by atoms with Crippen molar-refractivity contribution >= 4 is 110 Å². The highest BCUT2D eigenvalue weighted by Gasteiger charge is 2.48. The van der Waals surface area contributed by atoms with Crippen molar-refractivity contribution in [2.45, 2.75) is 188 Å². The minimum atomic E-state index is -0.945. The number of nitriles is 1. The van der Waals surface area contributed by atoms with Gasteiger partial charge in [-0.2, -0.15) is 5.26 Å². The highest BCUT2D eigenvalue weighted by molar-refractivity contribution is 7.15. The van der Waals surface area contributed by atoms with Crippen LogP contribution in [0.1, 0.15) is 248 Å². The van der Waals surface area contributed by atoms with Crippen LogP contribution in [0.4, 0.5) is 0 Å². The van der Waals surface area contributed by atoms with Crippen LogP contribution >= 0.6 is 34.3 Å². The van der Waals surface area contributed by atoms with Gasteiger partial charge in [0.1, 0.15) is 76.3 Å². The minimum Gasteiger partial charge on any atom is -0.485 e. The molecule has 2 unspecified atom stereocenters. The van der Waals surface area contributed by atoms with Gasteiger partial charge in [0.25, 0.3) is 23.6 Å². The summed E-state index contributed by atoms with van der Waals surface area (Å²) >= 11 is 9.57. The number of amides is 8. The molecule has 4 aromatic heterocycles. The van der Waals surface area contributed by atoms with E-state index < -0.39 is 59.6 Å². The number of aryl methyl sites for hydroxylation is 4. The van der Waals surface area contributed by atoms with E-state index >= 15 is 0 Å². The number of thiophene rings is 2. The van der Waals surface area contributed by atoms with Crippen molar-refractivity contribution in [2.75, 3.05) is 52.5 Å². The molecule has 11 heterocycles. The van der Waals surface area contributed by atoms with Crippen LogP contribution in [0.5, 0.6) is 11.5 Å². The normalized spacial score (nSPS) is 17.9. The summed E-state index contributed by atoms with van der Waals surface area (Å²) in [5.41, 5.74) is 9.64. The molecule has 32 heteroatoms. The number of piperazine rings is 1. The molecule has 4 atom stereocenters. The lowest BCUT2D eigenvalue weighted by Crippen LogP contribution is -2.51. The fourth-order valence-corrected chi connectivity index (χ4v) is 19.1. The standard InChI is InChI=1S/C50H57ClN8O7S.C41H40N8O6S/c1-30-17-22-40(47(63)52-30)59-48(64)38-14-11-15-41(44(38)49(59)65)66-29-37(61)13-7-5-6-8-16-42(62)57-26-24-56(25-27-57)23-10-9-12-36(60)28-39-46-55-54-33(4)58(46)50-43(31(2)32(3)67-50)45(53-39)34-18-20-35(51)21-19-34;1-22-12-17-31(38(52)44-22)49-39(53)29-10-8-11-32(35(29)40(49)54)55-21-28(50)9-6-5-7-18-43-33(51)19-30-37-47-46-25(4)48(37)41-34(23(2)24(3)56-41)36(45-30)27-15-13-26(20-42)14-16-27/h11,14-15,18-21,39-40H,1,5-10,12-13,16-17,22-29H2,2-4H3,(H,52,63);8,10-11,13-16,30-31H,1,5-7,9,12,17-19,21H2,2-4H3,(H,43,51)(H,44,52)/t39-,40?;30-,31?/m00/s1. The molecular formula is C91H97ClN16O13S2. The number of nitrogens with zero attached hydrogens (tertiary/aromatic N) is 13. The molecule has 3 N–H and O–H groups in total. The summed E-state index contributed by atoms with van der Waals surface area (Å²) in [5.74, 6) is -0.477. The van der Waals surface area contributed by atoms with Crippen molar-refractivity contribution in [2.24, 2.45) is 9.98 Å². The summed E-state index contributed by atoms with van der Waals surface area (Å²) < 4.78 is 15.6. The molecule has 7 aliphatic rings. The number of fused-ring (bicyclic) bond motifs is 8. The largest absolute Gasteiger partial charge is 0.485 e. The maximum absolute atomic E-state index is 13.5. The third-order valence-corrected chi connectivity index (χ3v) is 26.1. The SMILES string of the molecule is C=C1CCC(N2C(=O)c3cccc(OCC(=O)CCCCCCC(=O)N4CCN(CCCCC(=O)C[C@@H]5N=C(c6ccc(Cl)cc6)c6c(sc(C)c6C)-n6c(C)nnc65)CC4)c3C2=O)C(=O)N1.C=C1CCC(N2C(=O)c3cccc(OCC(=O)CCCCCNC(=O)C[C@@H]4N=C(c5ccc(C#N)cc5)c5c(sc(C)c5C)-n5c(C)nnc54)c3C2=O)C(=O)N1. The van der Waals surface area contributed by atoms with E-state index in [1.165, 1.54) is 23.1 Å². The van der Waals surface area contributed by atoms with Gasteiger partial charge in [-0.1, -0.05) is 80.4 Å². The molecule has 15 rings (SSSR count). The third kappa shape index (κ3) is 19.1. The first-order chi connectivity index (χ1) is 59.2. The number of hydrogen-bond acceptors (Lipinski definition) is 23. The van der Waals surface area contributed by atoms with E-state index in [4.69, 9.17) is 31.1 Å². The van der Waals surface area contributed by atoms with Crippen LogP contribution in [-0.4, -0.2) is 190 Å². The number of carbonyl (C=O) groups is 11. The third-order valence-electron chi connectivity index (χ3n) is 23.5. The van der Waals surface area contributed by atoms with E-state index in [0.29, 0.717) is 123 Å². The molecule has 0 radical (unpaired) electrons. The molecule has 0 bridgehead atoms. The molecular weight excluding hydrogens is 1620 g/mol. The maximum Gasteiger partial charge on any atom is 0.266 e. The summed E-state index contributed by atoms with van der Waals surface area (Å²) in [6.45, 7) is 23.4. The van der Waals surface area contributed by atoms with Crippen LogP contribution in [0, 0.1) is 52.9 Å². The van der Waals surface area contributed by atoms with Gasteiger partial charge in [0, 0.05) is 113 Å². The van der Waals surface area contributed by atoms with Crippen molar-refractivity contribution in [3.63, 3.8) is 0 Å². The second kappa shape index (κ2) is 38.5. The predicted octanol–water partition coefficient (Wildman–Crippen LogP) is 12.6. The number of imide groups is 2. The number of carbonyl (C=O) groups excluding carboxylic acids is 11. The number of Topliss-reactive ketones (excluding diaryl/α,β-unsaturated/α-hetero) is 3. The Morgan fingerprint density at radius 1 is 0.537 bits per heavy atom. The molecule has 29 nitrogen and oxygen atoms in total. The average molecular weight is 1720 g/mol. The van der Waals surface area contributed by atoms with E-state index in [1.807, 2.05) is 59.7 Å². The van der Waals surface area contributed by atoms with E-state index in [0.717, 1.165) is 127 Å². The van der Waals surface area contributed by atoms with E-state index in [9.17, 15) is 58.0 Å². The van der Waals surface area contributed by atoms with Crippen LogP contribution in [0.2, 0.25) is 5.02 Å². The summed E-state index contributed by atoms with van der Waals surface area (Å²) in [7, 11) is 0.